The summed E-state index contributed by atoms with van der Waals surface area (Å²) < 4.78 is 38.4. The molecule has 5 heteroatoms. The summed E-state index contributed by atoms with van der Waals surface area (Å²) in [4.78, 5) is 14.9. The van der Waals surface area contributed by atoms with Crippen LogP contribution in [0.1, 0.15) is 73.7 Å². The highest BCUT2D eigenvalue weighted by molar-refractivity contribution is 5.95. The second-order valence-corrected chi connectivity index (χ2v) is 7.12. The summed E-state index contributed by atoms with van der Waals surface area (Å²) in [6.07, 6.45) is 3.47. The second kappa shape index (κ2) is 6.77. The number of hydrogen-bond donors (Lipinski definition) is 0. The normalized spacial score (nSPS) is 20.7. The Kier molecular flexibility index (Phi) is 4.88. The number of hydrogen-bond acceptors (Lipinski definition) is 1. The van der Waals surface area contributed by atoms with Crippen molar-refractivity contribution in [1.82, 2.24) is 4.90 Å². The first-order valence-electron chi connectivity index (χ1n) is 8.87. The van der Waals surface area contributed by atoms with Gasteiger partial charge in [-0.1, -0.05) is 31.4 Å². The van der Waals surface area contributed by atoms with Gasteiger partial charge in [-0.15, -0.1) is 0 Å². The molecule has 2 nitrogen and oxygen atoms in total. The van der Waals surface area contributed by atoms with Crippen molar-refractivity contribution in [1.29, 1.82) is 0 Å². The van der Waals surface area contributed by atoms with Crippen molar-refractivity contribution in [3.05, 3.63) is 35.4 Å². The van der Waals surface area contributed by atoms with Crippen molar-refractivity contribution in [3.8, 4) is 0 Å². The van der Waals surface area contributed by atoms with Crippen LogP contribution in [0.15, 0.2) is 24.3 Å². The largest absolute Gasteiger partial charge is 0.395 e. The molecule has 2 fully saturated rings. The van der Waals surface area contributed by atoms with Gasteiger partial charge in [-0.2, -0.15) is 13.2 Å². The van der Waals surface area contributed by atoms with Crippen molar-refractivity contribution in [2.45, 2.75) is 76.0 Å². The summed E-state index contributed by atoms with van der Waals surface area (Å²) >= 11 is 0. The molecule has 0 heterocycles. The minimum absolute atomic E-state index is 0.0180. The Morgan fingerprint density at radius 3 is 2.04 bits per heavy atom. The molecule has 2 aliphatic rings. The molecule has 1 aromatic carbocycles. The molecule has 24 heavy (non-hydrogen) atoms. The van der Waals surface area contributed by atoms with Crippen molar-refractivity contribution in [2.75, 3.05) is 0 Å². The summed E-state index contributed by atoms with van der Waals surface area (Å²) in [5.41, 5.74) is 0.709. The van der Waals surface area contributed by atoms with Crippen molar-refractivity contribution < 1.29 is 18.0 Å². The fraction of sp³-hybridized carbons (Fsp3) is 0.632. The highest BCUT2D eigenvalue weighted by atomic mass is 19.4. The van der Waals surface area contributed by atoms with E-state index in [-0.39, 0.29) is 11.5 Å². The Labute approximate surface area is 141 Å². The predicted molar refractivity (Wildman–Crippen MR) is 87.0 cm³/mol. The van der Waals surface area contributed by atoms with Gasteiger partial charge in [-0.05, 0) is 50.3 Å². The molecule has 0 unspecified atom stereocenters. The van der Waals surface area contributed by atoms with Crippen LogP contribution in [-0.4, -0.2) is 29.1 Å². The van der Waals surface area contributed by atoms with Gasteiger partial charge in [0, 0.05) is 17.6 Å². The smallest absolute Gasteiger partial charge is 0.333 e. The van der Waals surface area contributed by atoms with Crippen LogP contribution in [0.5, 0.6) is 0 Å². The lowest BCUT2D eigenvalue weighted by molar-refractivity contribution is -0.146. The van der Waals surface area contributed by atoms with Crippen LogP contribution >= 0.6 is 0 Å². The summed E-state index contributed by atoms with van der Waals surface area (Å²) in [7, 11) is 0. The molecule has 1 atom stereocenters. The molecule has 2 saturated carbocycles. The number of carbonyl (C=O) groups is 1. The number of alkyl halides is 3. The highest BCUT2D eigenvalue weighted by Gasteiger charge is 2.39. The van der Waals surface area contributed by atoms with E-state index in [4.69, 9.17) is 0 Å². The summed E-state index contributed by atoms with van der Waals surface area (Å²) in [6, 6.07) is 6.62. The predicted octanol–water partition coefficient (Wildman–Crippen LogP) is 5.29. The molecule has 0 spiro atoms. The number of nitrogens with zero attached hydrogens (tertiary/aromatic N) is 1. The number of rotatable bonds is 4. The Bertz CT molecular complexity index is 571. The zero-order chi connectivity index (χ0) is 17.3. The molecule has 0 aliphatic heterocycles. The number of halogens is 3. The van der Waals surface area contributed by atoms with Crippen LogP contribution in [0.4, 0.5) is 13.2 Å². The van der Waals surface area contributed by atoms with E-state index in [1.807, 2.05) is 4.90 Å². The van der Waals surface area contributed by atoms with E-state index >= 15 is 0 Å². The van der Waals surface area contributed by atoms with E-state index in [0.29, 0.717) is 17.6 Å². The average molecular weight is 339 g/mol. The van der Waals surface area contributed by atoms with Crippen LogP contribution in [0.3, 0.4) is 0 Å². The monoisotopic (exact) mass is 339 g/mol. The van der Waals surface area contributed by atoms with Crippen molar-refractivity contribution in [2.24, 2.45) is 0 Å². The van der Waals surface area contributed by atoms with Gasteiger partial charge in [0.15, 0.2) is 0 Å². The van der Waals surface area contributed by atoms with Crippen LogP contribution < -0.4 is 0 Å². The molecule has 0 N–H and O–H groups in total. The molecule has 3 rings (SSSR count). The van der Waals surface area contributed by atoms with Gasteiger partial charge >= 0.3 is 6.18 Å². The van der Waals surface area contributed by atoms with Crippen molar-refractivity contribution >= 4 is 5.91 Å². The minimum atomic E-state index is -4.26. The van der Waals surface area contributed by atoms with Crippen molar-refractivity contribution in [3.63, 3.8) is 0 Å². The highest BCUT2D eigenvalue weighted by Crippen LogP contribution is 2.36. The molecule has 0 radical (unpaired) electrons. The Hall–Kier alpha value is -1.52. The number of benzene rings is 1. The summed E-state index contributed by atoms with van der Waals surface area (Å²) in [5, 5.41) is 0. The molecule has 0 saturated heterocycles. The summed E-state index contributed by atoms with van der Waals surface area (Å²) in [6.45, 7) is 1.15. The zero-order valence-corrected chi connectivity index (χ0v) is 14.0. The molecule has 2 aliphatic carbocycles. The standard InChI is InChI=1S/C19H24F3NO/c1-13(19(20,21)22)14-7-9-15(10-8-14)18(24)23(17-11-12-17)16-5-3-2-4-6-16/h7-10,13,16-17H,2-6,11-12H2,1H3/t13-/m1/s1. The quantitative estimate of drug-likeness (QED) is 0.730. The fourth-order valence-electron chi connectivity index (χ4n) is 3.59. The lowest BCUT2D eigenvalue weighted by Crippen LogP contribution is -2.43. The fourth-order valence-corrected chi connectivity index (χ4v) is 3.59. The first-order valence-corrected chi connectivity index (χ1v) is 8.87. The van der Waals surface area contributed by atoms with E-state index in [9.17, 15) is 18.0 Å². The van der Waals surface area contributed by atoms with E-state index in [0.717, 1.165) is 45.4 Å². The molecule has 132 valence electrons. The first-order chi connectivity index (χ1) is 11.4. The summed E-state index contributed by atoms with van der Waals surface area (Å²) in [5.74, 6) is -1.53. The maximum absolute atomic E-state index is 12.9. The molecule has 0 aromatic heterocycles. The topological polar surface area (TPSA) is 20.3 Å². The van der Waals surface area contributed by atoms with E-state index in [2.05, 4.69) is 0 Å². The molecule has 0 bridgehead atoms. The van der Waals surface area contributed by atoms with Gasteiger partial charge < -0.3 is 4.90 Å². The minimum Gasteiger partial charge on any atom is -0.333 e. The van der Waals surface area contributed by atoms with Gasteiger partial charge in [0.1, 0.15) is 0 Å². The lowest BCUT2D eigenvalue weighted by atomic mass is 9.93. The molecule has 1 aromatic rings. The Morgan fingerprint density at radius 1 is 1.00 bits per heavy atom. The van der Waals surface area contributed by atoms with Crippen LogP contribution in [0.2, 0.25) is 0 Å². The number of amides is 1. The van der Waals surface area contributed by atoms with Gasteiger partial charge in [0.25, 0.3) is 5.91 Å². The van der Waals surface area contributed by atoms with E-state index in [1.165, 1.54) is 18.6 Å². The van der Waals surface area contributed by atoms with Crippen LogP contribution in [0, 0.1) is 0 Å². The Morgan fingerprint density at radius 2 is 1.54 bits per heavy atom. The third-order valence-electron chi connectivity index (χ3n) is 5.29. The van der Waals surface area contributed by atoms with E-state index in [1.54, 1.807) is 12.1 Å². The first kappa shape index (κ1) is 17.3. The third kappa shape index (κ3) is 3.76. The second-order valence-electron chi connectivity index (χ2n) is 7.12. The van der Waals surface area contributed by atoms with Gasteiger partial charge in [0.2, 0.25) is 0 Å². The maximum Gasteiger partial charge on any atom is 0.395 e. The van der Waals surface area contributed by atoms with Gasteiger partial charge in [-0.3, -0.25) is 4.79 Å². The maximum atomic E-state index is 12.9. The molecule has 1 amide bonds. The average Bonchev–Trinajstić information content (AvgIpc) is 3.39. The van der Waals surface area contributed by atoms with Gasteiger partial charge in [-0.25, -0.2) is 0 Å². The van der Waals surface area contributed by atoms with Gasteiger partial charge in [0.05, 0.1) is 5.92 Å². The van der Waals surface area contributed by atoms with Crippen LogP contribution in [-0.2, 0) is 0 Å². The molecular weight excluding hydrogens is 315 g/mol. The van der Waals surface area contributed by atoms with E-state index < -0.39 is 12.1 Å². The van der Waals surface area contributed by atoms with Crippen LogP contribution in [0.25, 0.3) is 0 Å². The molecular formula is C19H24F3NO. The SMILES string of the molecule is C[C@H](c1ccc(C(=O)N(C2CCCCC2)C2CC2)cc1)C(F)(F)F. The Balaban J connectivity index is 1.75. The zero-order valence-electron chi connectivity index (χ0n) is 14.0. The third-order valence-corrected chi connectivity index (χ3v) is 5.29. The number of carbonyl (C=O) groups excluding carboxylic acids is 1. The lowest BCUT2D eigenvalue weighted by Gasteiger charge is -2.34.